The molecule has 0 unspecified atom stereocenters. The Bertz CT molecular complexity index is 1310. The van der Waals surface area contributed by atoms with Crippen molar-refractivity contribution in [2.75, 3.05) is 6.61 Å². The van der Waals surface area contributed by atoms with Crippen LogP contribution in [0, 0.1) is 0 Å². The Morgan fingerprint density at radius 2 is 1.67 bits per heavy atom. The number of nitrogens with one attached hydrogen (secondary N) is 1. The van der Waals surface area contributed by atoms with Gasteiger partial charge in [0, 0.05) is 9.86 Å². The van der Waals surface area contributed by atoms with E-state index in [9.17, 15) is 9.59 Å². The second-order valence-electron chi connectivity index (χ2n) is 7.03. The van der Waals surface area contributed by atoms with Gasteiger partial charge in [0.05, 0.1) is 11.8 Å². The van der Waals surface area contributed by atoms with E-state index in [0.29, 0.717) is 17.1 Å². The van der Waals surface area contributed by atoms with Gasteiger partial charge in [0.15, 0.2) is 6.61 Å². The van der Waals surface area contributed by atoms with Crippen LogP contribution >= 0.6 is 15.9 Å². The minimum atomic E-state index is -0.448. The fraction of sp³-hybridized carbons (Fsp3) is 0.0385. The minimum Gasteiger partial charge on any atom is -0.483 e. The van der Waals surface area contributed by atoms with Gasteiger partial charge in [-0.2, -0.15) is 5.10 Å². The Labute approximate surface area is 199 Å². The number of ether oxygens (including phenoxy) is 2. The Kier molecular flexibility index (Phi) is 7.12. The highest BCUT2D eigenvalue weighted by atomic mass is 79.9. The largest absolute Gasteiger partial charge is 0.483 e. The maximum atomic E-state index is 12.2. The van der Waals surface area contributed by atoms with Crippen molar-refractivity contribution in [1.29, 1.82) is 0 Å². The van der Waals surface area contributed by atoms with E-state index in [1.807, 2.05) is 48.5 Å². The maximum Gasteiger partial charge on any atom is 0.343 e. The molecule has 6 nitrogen and oxygen atoms in total. The van der Waals surface area contributed by atoms with Crippen LogP contribution in [0.2, 0.25) is 0 Å². The van der Waals surface area contributed by atoms with Gasteiger partial charge in [-0.05, 0) is 59.5 Å². The van der Waals surface area contributed by atoms with E-state index in [-0.39, 0.29) is 12.5 Å². The summed E-state index contributed by atoms with van der Waals surface area (Å²) in [6.07, 6.45) is 1.50. The normalized spacial score (nSPS) is 10.8. The van der Waals surface area contributed by atoms with Crippen molar-refractivity contribution >= 4 is 44.8 Å². The molecule has 1 N–H and O–H groups in total. The zero-order valence-corrected chi connectivity index (χ0v) is 19.0. The van der Waals surface area contributed by atoms with Crippen molar-refractivity contribution in [3.05, 3.63) is 107 Å². The highest BCUT2D eigenvalue weighted by molar-refractivity contribution is 9.10. The molecule has 4 aromatic carbocycles. The van der Waals surface area contributed by atoms with Crippen LogP contribution in [0.5, 0.6) is 11.5 Å². The van der Waals surface area contributed by atoms with Gasteiger partial charge in [0.1, 0.15) is 11.5 Å². The number of hydrazone groups is 1. The predicted octanol–water partition coefficient (Wildman–Crippen LogP) is 5.35. The summed E-state index contributed by atoms with van der Waals surface area (Å²) in [6.45, 7) is -0.157. The lowest BCUT2D eigenvalue weighted by Crippen LogP contribution is -2.24. The van der Waals surface area contributed by atoms with Crippen LogP contribution in [0.3, 0.4) is 0 Å². The third kappa shape index (κ3) is 6.05. The first-order valence-corrected chi connectivity index (χ1v) is 10.9. The van der Waals surface area contributed by atoms with Crippen LogP contribution in [0.4, 0.5) is 0 Å². The Hall–Kier alpha value is -3.97. The number of carbonyl (C=O) groups excluding carboxylic acids is 2. The van der Waals surface area contributed by atoms with Crippen LogP contribution in [0.25, 0.3) is 10.8 Å². The van der Waals surface area contributed by atoms with E-state index >= 15 is 0 Å². The monoisotopic (exact) mass is 502 g/mol. The van der Waals surface area contributed by atoms with Crippen molar-refractivity contribution in [1.82, 2.24) is 5.43 Å². The molecule has 1 amide bonds. The topological polar surface area (TPSA) is 77.0 Å². The van der Waals surface area contributed by atoms with E-state index in [4.69, 9.17) is 9.47 Å². The maximum absolute atomic E-state index is 12.2. The fourth-order valence-electron chi connectivity index (χ4n) is 3.08. The van der Waals surface area contributed by atoms with Gasteiger partial charge in [-0.3, -0.25) is 4.79 Å². The van der Waals surface area contributed by atoms with Crippen molar-refractivity contribution in [2.45, 2.75) is 0 Å². The number of rotatable bonds is 7. The third-order valence-corrected chi connectivity index (χ3v) is 5.16. The molecule has 7 heteroatoms. The molecule has 0 fully saturated rings. The van der Waals surface area contributed by atoms with Gasteiger partial charge in [-0.1, -0.05) is 58.4 Å². The van der Waals surface area contributed by atoms with Gasteiger partial charge in [0.2, 0.25) is 0 Å². The van der Waals surface area contributed by atoms with Crippen LogP contribution in [0.15, 0.2) is 101 Å². The molecule has 0 saturated carbocycles. The van der Waals surface area contributed by atoms with Crippen LogP contribution in [-0.4, -0.2) is 24.7 Å². The first kappa shape index (κ1) is 22.2. The summed E-state index contributed by atoms with van der Waals surface area (Å²) in [5.74, 6) is 0.222. The molecule has 0 spiro atoms. The van der Waals surface area contributed by atoms with E-state index in [1.54, 1.807) is 42.5 Å². The first-order chi connectivity index (χ1) is 16.1. The molecule has 0 aromatic heterocycles. The molecule has 0 bridgehead atoms. The smallest absolute Gasteiger partial charge is 0.343 e. The van der Waals surface area contributed by atoms with Gasteiger partial charge in [-0.25, -0.2) is 10.2 Å². The zero-order valence-electron chi connectivity index (χ0n) is 17.4. The molecule has 0 aliphatic heterocycles. The minimum absolute atomic E-state index is 0.157. The van der Waals surface area contributed by atoms with E-state index in [2.05, 4.69) is 26.5 Å². The number of fused-ring (bicyclic) bond motifs is 1. The molecule has 0 aliphatic carbocycles. The zero-order chi connectivity index (χ0) is 23.0. The predicted molar refractivity (Wildman–Crippen MR) is 131 cm³/mol. The Morgan fingerprint density at radius 1 is 0.909 bits per heavy atom. The second kappa shape index (κ2) is 10.6. The van der Waals surface area contributed by atoms with Crippen molar-refractivity contribution in [2.24, 2.45) is 5.10 Å². The molecule has 0 aliphatic rings. The summed E-state index contributed by atoms with van der Waals surface area (Å²) in [5.41, 5.74) is 3.62. The fourth-order valence-corrected chi connectivity index (χ4v) is 3.48. The Balaban J connectivity index is 1.27. The molecule has 4 aromatic rings. The average Bonchev–Trinajstić information content (AvgIpc) is 2.84. The molecule has 4 rings (SSSR count). The van der Waals surface area contributed by atoms with E-state index < -0.39 is 5.97 Å². The summed E-state index contributed by atoms with van der Waals surface area (Å²) in [7, 11) is 0. The SMILES string of the molecule is O=C(COc1cccc2ccccc12)N/N=C\c1ccc(OC(=O)c2cccc(Br)c2)cc1. The van der Waals surface area contributed by atoms with Gasteiger partial charge < -0.3 is 9.47 Å². The summed E-state index contributed by atoms with van der Waals surface area (Å²) < 4.78 is 11.8. The molecular weight excluding hydrogens is 484 g/mol. The molecule has 0 saturated heterocycles. The van der Waals surface area contributed by atoms with E-state index in [1.165, 1.54) is 6.21 Å². The molecule has 0 radical (unpaired) electrons. The average molecular weight is 503 g/mol. The molecule has 33 heavy (non-hydrogen) atoms. The second-order valence-corrected chi connectivity index (χ2v) is 7.94. The number of amides is 1. The summed E-state index contributed by atoms with van der Waals surface area (Å²) in [5, 5.41) is 5.93. The lowest BCUT2D eigenvalue weighted by molar-refractivity contribution is -0.123. The summed E-state index contributed by atoms with van der Waals surface area (Å²) in [6, 6.07) is 27.2. The Morgan fingerprint density at radius 3 is 2.48 bits per heavy atom. The number of hydrogen-bond acceptors (Lipinski definition) is 5. The van der Waals surface area contributed by atoms with Gasteiger partial charge >= 0.3 is 5.97 Å². The summed E-state index contributed by atoms with van der Waals surface area (Å²) in [4.78, 5) is 24.3. The number of halogens is 1. The van der Waals surface area contributed by atoms with Crippen LogP contribution in [-0.2, 0) is 4.79 Å². The highest BCUT2D eigenvalue weighted by Gasteiger charge is 2.09. The molecular formula is C26H19BrN2O4. The lowest BCUT2D eigenvalue weighted by atomic mass is 10.1. The van der Waals surface area contributed by atoms with Crippen LogP contribution < -0.4 is 14.9 Å². The summed E-state index contributed by atoms with van der Waals surface area (Å²) >= 11 is 3.33. The highest BCUT2D eigenvalue weighted by Crippen LogP contribution is 2.25. The quantitative estimate of drug-likeness (QED) is 0.160. The third-order valence-electron chi connectivity index (χ3n) is 4.66. The van der Waals surface area contributed by atoms with Crippen LogP contribution in [0.1, 0.15) is 15.9 Å². The lowest BCUT2D eigenvalue weighted by Gasteiger charge is -2.08. The van der Waals surface area contributed by atoms with Gasteiger partial charge in [0.25, 0.3) is 5.91 Å². The number of carbonyl (C=O) groups is 2. The van der Waals surface area contributed by atoms with Gasteiger partial charge in [-0.15, -0.1) is 0 Å². The molecule has 164 valence electrons. The number of esters is 1. The standard InChI is InChI=1S/C26H19BrN2O4/c27-21-8-3-7-20(15-21)26(31)33-22-13-11-18(12-14-22)16-28-29-25(30)17-32-24-10-4-6-19-5-1-2-9-23(19)24/h1-16H,17H2,(H,29,30)/b28-16-. The molecule has 0 heterocycles. The first-order valence-electron chi connectivity index (χ1n) is 10.1. The number of hydrogen-bond donors (Lipinski definition) is 1. The number of nitrogens with zero attached hydrogens (tertiary/aromatic N) is 1. The molecule has 0 atom stereocenters. The number of benzene rings is 4. The van der Waals surface area contributed by atoms with Crippen molar-refractivity contribution < 1.29 is 19.1 Å². The van der Waals surface area contributed by atoms with Crippen molar-refractivity contribution in [3.8, 4) is 11.5 Å². The van der Waals surface area contributed by atoms with Crippen molar-refractivity contribution in [3.63, 3.8) is 0 Å². The van der Waals surface area contributed by atoms with E-state index in [0.717, 1.165) is 20.8 Å².